The van der Waals surface area contributed by atoms with E-state index >= 15 is 0 Å². The van der Waals surface area contributed by atoms with Gasteiger partial charge >= 0.3 is 0 Å². The van der Waals surface area contributed by atoms with Gasteiger partial charge in [-0.2, -0.15) is 9.61 Å². The Bertz CT molecular complexity index is 1100. The lowest BCUT2D eigenvalue weighted by molar-refractivity contribution is -0.0938. The topological polar surface area (TPSA) is 110 Å². The number of nitrogens with two attached hydrogens (primary N) is 1. The van der Waals surface area contributed by atoms with E-state index in [0.717, 1.165) is 58.3 Å². The van der Waals surface area contributed by atoms with Gasteiger partial charge in [-0.15, -0.1) is 0 Å². The molecule has 3 aromatic rings. The molecule has 0 bridgehead atoms. The summed E-state index contributed by atoms with van der Waals surface area (Å²) in [4.78, 5) is 9.82. The summed E-state index contributed by atoms with van der Waals surface area (Å²) in [6, 6.07) is 4.24. The lowest BCUT2D eigenvalue weighted by Crippen LogP contribution is -2.25. The van der Waals surface area contributed by atoms with Gasteiger partial charge in [0, 0.05) is 40.3 Å². The predicted molar refractivity (Wildman–Crippen MR) is 118 cm³/mol. The van der Waals surface area contributed by atoms with Crippen LogP contribution in [0.5, 0.6) is 0 Å². The average molecular weight is 472 g/mol. The Morgan fingerprint density at radius 3 is 2.37 bits per heavy atom. The summed E-state index contributed by atoms with van der Waals surface area (Å²) >= 11 is 3.63. The minimum atomic E-state index is -1.24. The van der Waals surface area contributed by atoms with E-state index in [2.05, 4.69) is 33.2 Å². The Morgan fingerprint density at radius 1 is 1.03 bits per heavy atom. The molecular formula is C22H26BrN5O2. The number of anilines is 1. The van der Waals surface area contributed by atoms with Crippen molar-refractivity contribution in [3.63, 3.8) is 0 Å². The van der Waals surface area contributed by atoms with E-state index in [9.17, 15) is 10.2 Å². The Labute approximate surface area is 183 Å². The zero-order valence-electron chi connectivity index (χ0n) is 16.9. The third-order valence-corrected chi connectivity index (χ3v) is 7.43. The van der Waals surface area contributed by atoms with Gasteiger partial charge in [-0.3, -0.25) is 4.98 Å². The Balaban J connectivity index is 1.54. The summed E-state index contributed by atoms with van der Waals surface area (Å²) in [5.74, 6) is 1.31. The van der Waals surface area contributed by atoms with E-state index in [1.165, 1.54) is 18.5 Å². The van der Waals surface area contributed by atoms with Gasteiger partial charge in [-0.1, -0.05) is 6.07 Å². The first-order valence-electron chi connectivity index (χ1n) is 10.6. The van der Waals surface area contributed by atoms with Gasteiger partial charge in [0.05, 0.1) is 16.4 Å². The van der Waals surface area contributed by atoms with Crippen molar-refractivity contribution in [2.75, 3.05) is 5.73 Å². The molecule has 0 atom stereocenters. The second-order valence-corrected chi connectivity index (χ2v) is 9.45. The van der Waals surface area contributed by atoms with Crippen molar-refractivity contribution in [3.05, 3.63) is 39.9 Å². The van der Waals surface area contributed by atoms with Crippen molar-refractivity contribution in [2.45, 2.75) is 63.6 Å². The predicted octanol–water partition coefficient (Wildman–Crippen LogP) is 3.91. The second kappa shape index (κ2) is 7.59. The van der Waals surface area contributed by atoms with Crippen molar-refractivity contribution < 1.29 is 10.2 Å². The molecule has 5 rings (SSSR count). The summed E-state index contributed by atoms with van der Waals surface area (Å²) in [6.45, 7) is 2.04. The molecule has 0 unspecified atom stereocenters. The van der Waals surface area contributed by atoms with Crippen molar-refractivity contribution in [1.29, 1.82) is 0 Å². The van der Waals surface area contributed by atoms with Gasteiger partial charge in [-0.05, 0) is 67.4 Å². The maximum Gasteiger partial charge on any atom is 0.165 e. The van der Waals surface area contributed by atoms with Crippen LogP contribution >= 0.6 is 15.9 Å². The highest BCUT2D eigenvalue weighted by Crippen LogP contribution is 2.42. The van der Waals surface area contributed by atoms with Crippen molar-refractivity contribution in [2.24, 2.45) is 5.92 Å². The van der Waals surface area contributed by atoms with E-state index < -0.39 is 6.29 Å². The monoisotopic (exact) mass is 471 g/mol. The largest absolute Gasteiger partial charge is 0.383 e. The number of aliphatic hydroxyl groups is 2. The maximum atomic E-state index is 9.49. The molecule has 2 aliphatic carbocycles. The molecule has 158 valence electrons. The van der Waals surface area contributed by atoms with Crippen LogP contribution in [0.25, 0.3) is 16.8 Å². The number of aromatic nitrogens is 4. The lowest BCUT2D eigenvalue weighted by Gasteiger charge is -2.29. The summed E-state index contributed by atoms with van der Waals surface area (Å²) in [7, 11) is 0. The first-order valence-corrected chi connectivity index (χ1v) is 11.4. The molecule has 0 spiro atoms. The smallest absolute Gasteiger partial charge is 0.165 e. The maximum absolute atomic E-state index is 9.49. The van der Waals surface area contributed by atoms with E-state index in [0.29, 0.717) is 11.7 Å². The van der Waals surface area contributed by atoms with Crippen LogP contribution in [0.15, 0.2) is 22.8 Å². The first kappa shape index (κ1) is 19.9. The molecule has 0 aromatic carbocycles. The third kappa shape index (κ3) is 3.40. The normalized spacial score (nSPS) is 22.2. The molecule has 3 aromatic heterocycles. The number of nitrogens with zero attached hydrogens (tertiary/aromatic N) is 4. The fourth-order valence-electron chi connectivity index (χ4n) is 4.64. The van der Waals surface area contributed by atoms with Crippen LogP contribution < -0.4 is 5.73 Å². The number of hydrogen-bond donors (Lipinski definition) is 3. The van der Waals surface area contributed by atoms with Gasteiger partial charge < -0.3 is 15.9 Å². The third-order valence-electron chi connectivity index (χ3n) is 6.62. The van der Waals surface area contributed by atoms with Gasteiger partial charge in [-0.25, -0.2) is 4.98 Å². The van der Waals surface area contributed by atoms with Crippen molar-refractivity contribution in [1.82, 2.24) is 19.6 Å². The number of aliphatic hydroxyl groups excluding tert-OH is 1. The molecule has 3 heterocycles. The quantitative estimate of drug-likeness (QED) is 0.497. The molecule has 7 nitrogen and oxygen atoms in total. The molecule has 8 heteroatoms. The molecule has 0 aliphatic heterocycles. The van der Waals surface area contributed by atoms with Crippen LogP contribution in [-0.2, 0) is 0 Å². The number of fused-ring (bicyclic) bond motifs is 1. The fraction of sp³-hybridized carbons (Fsp3) is 0.500. The summed E-state index contributed by atoms with van der Waals surface area (Å²) in [5.41, 5.74) is 12.2. The zero-order chi connectivity index (χ0) is 21.0. The van der Waals surface area contributed by atoms with Crippen LogP contribution in [0.2, 0.25) is 0 Å². The summed E-state index contributed by atoms with van der Waals surface area (Å²) in [5, 5.41) is 23.5. The second-order valence-electron chi connectivity index (χ2n) is 8.66. The van der Waals surface area contributed by atoms with Crippen LogP contribution in [0.1, 0.15) is 67.4 Å². The van der Waals surface area contributed by atoms with Crippen LogP contribution in [0.4, 0.5) is 5.82 Å². The van der Waals surface area contributed by atoms with E-state index in [-0.39, 0.29) is 11.8 Å². The first-order chi connectivity index (χ1) is 14.4. The van der Waals surface area contributed by atoms with Crippen LogP contribution in [0, 0.1) is 12.8 Å². The molecular weight excluding hydrogens is 446 g/mol. The number of rotatable bonds is 4. The van der Waals surface area contributed by atoms with Gasteiger partial charge in [0.25, 0.3) is 0 Å². The Hall–Kier alpha value is -2.03. The molecule has 2 fully saturated rings. The molecule has 4 N–H and O–H groups in total. The lowest BCUT2D eigenvalue weighted by atomic mass is 9.80. The SMILES string of the molecule is Cc1nc(C2CC2)ccc1-c1cnn2c(N)c(Br)c(C3CCC(C(O)O)CC3)nc12. The Kier molecular flexibility index (Phi) is 5.03. The standard InChI is InChI=1S/C22H26BrN5O2/c1-11-15(8-9-17(26-11)12-2-3-12)16-10-25-28-20(24)18(23)19(27-21(16)28)13-4-6-14(7-5-13)22(29)30/h8-10,12-14,22,29-30H,2-7,24H2,1H3. The van der Waals surface area contributed by atoms with E-state index in [1.807, 2.05) is 13.1 Å². The van der Waals surface area contributed by atoms with Crippen molar-refractivity contribution >= 4 is 27.4 Å². The highest BCUT2D eigenvalue weighted by atomic mass is 79.9. The zero-order valence-corrected chi connectivity index (χ0v) is 18.5. The molecule has 2 saturated carbocycles. The summed E-state index contributed by atoms with van der Waals surface area (Å²) in [6.07, 6.45) is 6.26. The Morgan fingerprint density at radius 2 is 1.73 bits per heavy atom. The summed E-state index contributed by atoms with van der Waals surface area (Å²) < 4.78 is 2.46. The molecule has 0 radical (unpaired) electrons. The number of aryl methyl sites for hydroxylation is 1. The van der Waals surface area contributed by atoms with Gasteiger partial charge in [0.2, 0.25) is 0 Å². The highest BCUT2D eigenvalue weighted by Gasteiger charge is 2.30. The van der Waals surface area contributed by atoms with Crippen LogP contribution in [-0.4, -0.2) is 36.1 Å². The van der Waals surface area contributed by atoms with Crippen molar-refractivity contribution in [3.8, 4) is 11.1 Å². The highest BCUT2D eigenvalue weighted by molar-refractivity contribution is 9.10. The van der Waals surface area contributed by atoms with E-state index in [1.54, 1.807) is 4.52 Å². The fourth-order valence-corrected chi connectivity index (χ4v) is 5.22. The molecule has 30 heavy (non-hydrogen) atoms. The number of nitrogen functional groups attached to an aromatic ring is 1. The van der Waals surface area contributed by atoms with E-state index in [4.69, 9.17) is 15.7 Å². The molecule has 0 amide bonds. The molecule has 0 saturated heterocycles. The minimum Gasteiger partial charge on any atom is -0.383 e. The van der Waals surface area contributed by atoms with Gasteiger partial charge in [0.15, 0.2) is 11.9 Å². The van der Waals surface area contributed by atoms with Gasteiger partial charge in [0.1, 0.15) is 5.82 Å². The minimum absolute atomic E-state index is 0.0645. The number of pyridine rings is 1. The number of halogens is 1. The average Bonchev–Trinajstić information content (AvgIpc) is 3.51. The number of hydrogen-bond acceptors (Lipinski definition) is 6. The van der Waals surface area contributed by atoms with Crippen LogP contribution in [0.3, 0.4) is 0 Å². The molecule has 2 aliphatic rings.